The number of hydrogen-bond donors (Lipinski definition) is 0. The molecule has 0 aromatic heterocycles. The zero-order valence-electron chi connectivity index (χ0n) is 19.6. The highest BCUT2D eigenvalue weighted by Gasteiger charge is 2.39. The zero-order valence-corrected chi connectivity index (χ0v) is 19.6. The third kappa shape index (κ3) is 4.53. The molecule has 0 bridgehead atoms. The summed E-state index contributed by atoms with van der Waals surface area (Å²) in [5.41, 5.74) is 4.16. The van der Waals surface area contributed by atoms with Crippen molar-refractivity contribution in [1.29, 1.82) is 0 Å². The van der Waals surface area contributed by atoms with Gasteiger partial charge in [-0.25, -0.2) is 0 Å². The molecular weight excluding hydrogens is 396 g/mol. The first-order valence-corrected chi connectivity index (χ1v) is 12.7. The molecule has 4 aliphatic rings. The van der Waals surface area contributed by atoms with Crippen LogP contribution in [-0.2, 0) is 4.74 Å². The number of ether oxygens (including phenoxy) is 2. The monoisotopic (exact) mass is 434 g/mol. The lowest BCUT2D eigenvalue weighted by atomic mass is 9.80. The number of rotatable bonds is 7. The van der Waals surface area contributed by atoms with E-state index >= 15 is 0 Å². The van der Waals surface area contributed by atoms with Crippen LogP contribution in [0.2, 0.25) is 0 Å². The fourth-order valence-electron chi connectivity index (χ4n) is 6.08. The second-order valence-electron chi connectivity index (χ2n) is 9.63. The molecule has 2 fully saturated rings. The Bertz CT molecular complexity index is 881. The number of nitrogens with zero attached hydrogens (tertiary/aromatic N) is 2. The molecule has 0 radical (unpaired) electrons. The number of hydrogen-bond acceptors (Lipinski definition) is 4. The highest BCUT2D eigenvalue weighted by molar-refractivity contribution is 5.53. The lowest BCUT2D eigenvalue weighted by molar-refractivity contribution is 0.200. The van der Waals surface area contributed by atoms with Gasteiger partial charge in [-0.05, 0) is 75.9 Å². The van der Waals surface area contributed by atoms with E-state index in [2.05, 4.69) is 52.3 Å². The van der Waals surface area contributed by atoms with Gasteiger partial charge in [-0.15, -0.1) is 0 Å². The summed E-state index contributed by atoms with van der Waals surface area (Å²) in [5.74, 6) is 2.36. The topological polar surface area (TPSA) is 24.9 Å². The van der Waals surface area contributed by atoms with Crippen molar-refractivity contribution in [2.24, 2.45) is 0 Å². The summed E-state index contributed by atoms with van der Waals surface area (Å²) in [4.78, 5) is 5.28. The Kier molecular flexibility index (Phi) is 6.99. The first-order valence-electron chi connectivity index (χ1n) is 12.7. The largest absolute Gasteiger partial charge is 0.496 e. The number of allylic oxidation sites excluding steroid dienone is 4. The van der Waals surface area contributed by atoms with Crippen molar-refractivity contribution in [2.45, 2.75) is 56.9 Å². The number of fused-ring (bicyclic) bond motifs is 3. The Morgan fingerprint density at radius 1 is 1.00 bits per heavy atom. The van der Waals surface area contributed by atoms with Crippen molar-refractivity contribution in [1.82, 2.24) is 9.80 Å². The number of likely N-dealkylation sites (tertiary alicyclic amines) is 1. The summed E-state index contributed by atoms with van der Waals surface area (Å²) in [7, 11) is 1.80. The van der Waals surface area contributed by atoms with Crippen LogP contribution in [0.25, 0.3) is 0 Å². The van der Waals surface area contributed by atoms with Gasteiger partial charge in [0.2, 0.25) is 0 Å². The van der Waals surface area contributed by atoms with E-state index in [1.54, 1.807) is 7.11 Å². The van der Waals surface area contributed by atoms with Crippen LogP contribution >= 0.6 is 0 Å². The Morgan fingerprint density at radius 2 is 1.88 bits per heavy atom. The predicted octanol–water partition coefficient (Wildman–Crippen LogP) is 5.59. The van der Waals surface area contributed by atoms with Crippen LogP contribution in [-0.4, -0.2) is 56.2 Å². The van der Waals surface area contributed by atoms with Gasteiger partial charge in [-0.1, -0.05) is 36.8 Å². The molecule has 172 valence electrons. The van der Waals surface area contributed by atoms with Gasteiger partial charge in [0.25, 0.3) is 0 Å². The smallest absolute Gasteiger partial charge is 0.123 e. The van der Waals surface area contributed by atoms with Gasteiger partial charge < -0.3 is 14.4 Å². The van der Waals surface area contributed by atoms with E-state index in [0.717, 1.165) is 44.0 Å². The summed E-state index contributed by atoms with van der Waals surface area (Å²) in [6.45, 7) is 6.70. The highest BCUT2D eigenvalue weighted by Crippen LogP contribution is 2.48. The molecule has 0 unspecified atom stereocenters. The molecule has 3 heterocycles. The molecule has 4 nitrogen and oxygen atoms in total. The maximum atomic E-state index is 6.51. The second-order valence-corrected chi connectivity index (χ2v) is 9.63. The van der Waals surface area contributed by atoms with E-state index in [1.165, 1.54) is 68.4 Å². The first-order chi connectivity index (χ1) is 15.8. The molecule has 2 atom stereocenters. The van der Waals surface area contributed by atoms with Gasteiger partial charge in [0, 0.05) is 36.2 Å². The lowest BCUT2D eigenvalue weighted by Crippen LogP contribution is -2.35. The molecule has 4 heteroatoms. The normalized spacial score (nSPS) is 26.0. The summed E-state index contributed by atoms with van der Waals surface area (Å²) in [6, 6.07) is 7.27. The lowest BCUT2D eigenvalue weighted by Gasteiger charge is -2.39. The molecule has 2 saturated heterocycles. The predicted molar refractivity (Wildman–Crippen MR) is 130 cm³/mol. The van der Waals surface area contributed by atoms with Crippen LogP contribution in [0.1, 0.15) is 68.0 Å². The quantitative estimate of drug-likeness (QED) is 0.522. The Labute approximate surface area is 193 Å². The van der Waals surface area contributed by atoms with E-state index in [-0.39, 0.29) is 5.92 Å². The van der Waals surface area contributed by atoms with Crippen LogP contribution in [0.3, 0.4) is 0 Å². The van der Waals surface area contributed by atoms with Crippen LogP contribution in [0.5, 0.6) is 5.75 Å². The summed E-state index contributed by atoms with van der Waals surface area (Å²) in [6.07, 6.45) is 17.6. The third-order valence-electron chi connectivity index (χ3n) is 7.63. The van der Waals surface area contributed by atoms with Crippen LogP contribution in [0, 0.1) is 0 Å². The fourth-order valence-corrected chi connectivity index (χ4v) is 6.08. The number of benzene rings is 1. The van der Waals surface area contributed by atoms with Gasteiger partial charge in [0.1, 0.15) is 11.5 Å². The van der Waals surface area contributed by atoms with E-state index in [9.17, 15) is 0 Å². The number of piperidine rings is 1. The molecule has 3 aliphatic heterocycles. The van der Waals surface area contributed by atoms with E-state index in [4.69, 9.17) is 9.47 Å². The van der Waals surface area contributed by atoms with E-state index in [1.807, 2.05) is 0 Å². The van der Waals surface area contributed by atoms with E-state index in [0.29, 0.717) is 6.04 Å². The van der Waals surface area contributed by atoms with Gasteiger partial charge >= 0.3 is 0 Å². The third-order valence-corrected chi connectivity index (χ3v) is 7.63. The average molecular weight is 435 g/mol. The van der Waals surface area contributed by atoms with Crippen molar-refractivity contribution in [2.75, 3.05) is 46.4 Å². The summed E-state index contributed by atoms with van der Waals surface area (Å²) < 4.78 is 12.4. The molecule has 0 N–H and O–H groups in total. The molecule has 5 rings (SSSR count). The van der Waals surface area contributed by atoms with Crippen molar-refractivity contribution in [3.8, 4) is 5.75 Å². The van der Waals surface area contributed by atoms with Gasteiger partial charge in [0.15, 0.2) is 0 Å². The Balaban J connectivity index is 1.41. The van der Waals surface area contributed by atoms with Crippen LogP contribution < -0.4 is 4.74 Å². The summed E-state index contributed by atoms with van der Waals surface area (Å²) >= 11 is 0. The second kappa shape index (κ2) is 10.3. The van der Waals surface area contributed by atoms with Crippen molar-refractivity contribution < 1.29 is 9.47 Å². The van der Waals surface area contributed by atoms with Gasteiger partial charge in [-0.2, -0.15) is 0 Å². The van der Waals surface area contributed by atoms with Gasteiger partial charge in [0.05, 0.1) is 13.7 Å². The molecule has 0 saturated carbocycles. The fraction of sp³-hybridized carbons (Fsp3) is 0.571. The standard InChI is InChI=1S/C28H38N2O2/c1-31-26-14-5-2-4-11-22(26)24-21-30-19-9-13-25(30)23-12-8-15-27(28(23)24)32-20-10-18-29-16-6-3-7-17-29/h4-5,8,11-12,14-15,24-25H,2-3,6-7,9-10,13,16-21H2,1H3/t24-,25-/m0/s1. The minimum atomic E-state index is 0.284. The maximum Gasteiger partial charge on any atom is 0.123 e. The maximum absolute atomic E-state index is 6.51. The average Bonchev–Trinajstić information content (AvgIpc) is 3.19. The Hall–Kier alpha value is -2.04. The van der Waals surface area contributed by atoms with Crippen LogP contribution in [0.4, 0.5) is 0 Å². The van der Waals surface area contributed by atoms with Crippen molar-refractivity contribution >= 4 is 0 Å². The SMILES string of the molecule is COC1=C([C@@H]2CN3CCC[C@H]3c3cccc(OCCCN4CCCCC4)c32)C=CCC=C1. The van der Waals surface area contributed by atoms with Crippen molar-refractivity contribution in [3.05, 3.63) is 65.0 Å². The van der Waals surface area contributed by atoms with Crippen LogP contribution in [0.15, 0.2) is 53.8 Å². The first kappa shape index (κ1) is 21.8. The van der Waals surface area contributed by atoms with E-state index < -0.39 is 0 Å². The van der Waals surface area contributed by atoms with Crippen molar-refractivity contribution in [3.63, 3.8) is 0 Å². The Morgan fingerprint density at radius 3 is 2.75 bits per heavy atom. The molecular formula is C28H38N2O2. The highest BCUT2D eigenvalue weighted by atomic mass is 16.5. The summed E-state index contributed by atoms with van der Waals surface area (Å²) in [5, 5.41) is 0. The molecule has 1 aromatic carbocycles. The molecule has 32 heavy (non-hydrogen) atoms. The molecule has 1 aromatic rings. The minimum Gasteiger partial charge on any atom is -0.496 e. The molecule has 0 amide bonds. The zero-order chi connectivity index (χ0) is 21.8. The minimum absolute atomic E-state index is 0.284. The molecule has 0 spiro atoms. The molecule has 1 aliphatic carbocycles. The van der Waals surface area contributed by atoms with Gasteiger partial charge in [-0.3, -0.25) is 4.90 Å². The number of methoxy groups -OCH3 is 1.